The van der Waals surface area contributed by atoms with Crippen LogP contribution in [0.25, 0.3) is 0 Å². The second kappa shape index (κ2) is 7.22. The van der Waals surface area contributed by atoms with E-state index in [1.165, 1.54) is 12.3 Å². The van der Waals surface area contributed by atoms with Crippen LogP contribution in [0.4, 0.5) is 13.2 Å². The number of pyridine rings is 1. The van der Waals surface area contributed by atoms with Gasteiger partial charge in [0.15, 0.2) is 11.6 Å². The van der Waals surface area contributed by atoms with Crippen molar-refractivity contribution in [2.45, 2.75) is 25.8 Å². The van der Waals surface area contributed by atoms with Gasteiger partial charge in [0.05, 0.1) is 6.20 Å². The maximum Gasteiger partial charge on any atom is 0.159 e. The average Bonchev–Trinajstić information content (AvgIpc) is 2.48. The summed E-state index contributed by atoms with van der Waals surface area (Å²) in [5.41, 5.74) is 1.09. The van der Waals surface area contributed by atoms with Crippen LogP contribution in [0, 0.1) is 17.5 Å². The fourth-order valence-electron chi connectivity index (χ4n) is 2.18. The summed E-state index contributed by atoms with van der Waals surface area (Å²) in [6.45, 7) is 2.71. The summed E-state index contributed by atoms with van der Waals surface area (Å²) < 4.78 is 40.1. The van der Waals surface area contributed by atoms with E-state index in [9.17, 15) is 13.2 Å². The van der Waals surface area contributed by atoms with Gasteiger partial charge >= 0.3 is 0 Å². The van der Waals surface area contributed by atoms with Crippen LogP contribution >= 0.6 is 0 Å². The molecule has 0 saturated carbocycles. The first-order chi connectivity index (χ1) is 10.1. The molecule has 1 aromatic carbocycles. The summed E-state index contributed by atoms with van der Waals surface area (Å²) in [5, 5.41) is 3.23. The lowest BCUT2D eigenvalue weighted by Crippen LogP contribution is -2.25. The number of nitrogens with zero attached hydrogens (tertiary/aromatic N) is 1. The van der Waals surface area contributed by atoms with E-state index in [0.717, 1.165) is 24.8 Å². The standard InChI is InChI=1S/C16H17F3N2/c1-2-6-21-16(12-5-7-20-10-15(12)19)9-11-3-4-13(17)14(18)8-11/h3-5,7-8,10,16,21H,2,6,9H2,1H3. The highest BCUT2D eigenvalue weighted by Gasteiger charge is 2.16. The van der Waals surface area contributed by atoms with Crippen LogP contribution in [0.3, 0.4) is 0 Å². The van der Waals surface area contributed by atoms with Crippen LogP contribution in [0.15, 0.2) is 36.7 Å². The monoisotopic (exact) mass is 294 g/mol. The highest BCUT2D eigenvalue weighted by molar-refractivity contribution is 5.24. The zero-order valence-corrected chi connectivity index (χ0v) is 11.7. The molecule has 112 valence electrons. The summed E-state index contributed by atoms with van der Waals surface area (Å²) in [5.74, 6) is -2.18. The number of hydrogen-bond acceptors (Lipinski definition) is 2. The number of aromatic nitrogens is 1. The lowest BCUT2D eigenvalue weighted by atomic mass is 9.99. The molecule has 0 aliphatic rings. The Bertz CT molecular complexity index is 602. The van der Waals surface area contributed by atoms with E-state index >= 15 is 0 Å². The lowest BCUT2D eigenvalue weighted by Gasteiger charge is -2.19. The Morgan fingerprint density at radius 2 is 1.90 bits per heavy atom. The van der Waals surface area contributed by atoms with Gasteiger partial charge in [-0.1, -0.05) is 13.0 Å². The van der Waals surface area contributed by atoms with E-state index in [-0.39, 0.29) is 6.04 Å². The zero-order chi connectivity index (χ0) is 15.2. The first kappa shape index (κ1) is 15.5. The molecule has 2 nitrogen and oxygen atoms in total. The van der Waals surface area contributed by atoms with E-state index < -0.39 is 17.5 Å². The molecule has 1 heterocycles. The Labute approximate surface area is 122 Å². The summed E-state index contributed by atoms with van der Waals surface area (Å²) in [7, 11) is 0. The number of halogens is 3. The van der Waals surface area contributed by atoms with Gasteiger partial charge < -0.3 is 5.32 Å². The normalized spacial score (nSPS) is 12.4. The van der Waals surface area contributed by atoms with Gasteiger partial charge in [-0.3, -0.25) is 4.98 Å². The molecule has 1 N–H and O–H groups in total. The Kier molecular flexibility index (Phi) is 5.33. The van der Waals surface area contributed by atoms with Crippen LogP contribution in [-0.2, 0) is 6.42 Å². The molecular formula is C16H17F3N2. The fourth-order valence-corrected chi connectivity index (χ4v) is 2.18. The Morgan fingerprint density at radius 1 is 1.10 bits per heavy atom. The van der Waals surface area contributed by atoms with Gasteiger partial charge in [-0.2, -0.15) is 0 Å². The summed E-state index contributed by atoms with van der Waals surface area (Å²) >= 11 is 0. The van der Waals surface area contributed by atoms with E-state index in [1.54, 1.807) is 6.07 Å². The molecule has 0 amide bonds. The highest BCUT2D eigenvalue weighted by Crippen LogP contribution is 2.21. The van der Waals surface area contributed by atoms with Gasteiger partial charge in [-0.15, -0.1) is 0 Å². The van der Waals surface area contributed by atoms with Gasteiger partial charge in [-0.25, -0.2) is 13.2 Å². The predicted molar refractivity (Wildman–Crippen MR) is 75.3 cm³/mol. The molecule has 5 heteroatoms. The van der Waals surface area contributed by atoms with Crippen molar-refractivity contribution in [3.63, 3.8) is 0 Å². The molecule has 0 bridgehead atoms. The molecule has 2 rings (SSSR count). The van der Waals surface area contributed by atoms with Gasteiger partial charge in [0, 0.05) is 17.8 Å². The van der Waals surface area contributed by atoms with Crippen LogP contribution in [0.5, 0.6) is 0 Å². The third kappa shape index (κ3) is 4.04. The summed E-state index contributed by atoms with van der Waals surface area (Å²) in [4.78, 5) is 3.73. The van der Waals surface area contributed by atoms with Gasteiger partial charge in [0.1, 0.15) is 5.82 Å². The third-order valence-electron chi connectivity index (χ3n) is 3.24. The molecule has 21 heavy (non-hydrogen) atoms. The average molecular weight is 294 g/mol. The molecule has 0 radical (unpaired) electrons. The molecule has 1 unspecified atom stereocenters. The van der Waals surface area contributed by atoms with Crippen molar-refractivity contribution in [1.29, 1.82) is 0 Å². The second-order valence-corrected chi connectivity index (χ2v) is 4.86. The molecule has 0 spiro atoms. The quantitative estimate of drug-likeness (QED) is 0.877. The Balaban J connectivity index is 2.24. The Hall–Kier alpha value is -1.88. The SMILES string of the molecule is CCCNC(Cc1ccc(F)c(F)c1)c1ccncc1F. The lowest BCUT2D eigenvalue weighted by molar-refractivity contribution is 0.487. The number of nitrogens with one attached hydrogen (secondary N) is 1. The van der Waals surface area contributed by atoms with Crippen molar-refractivity contribution in [2.75, 3.05) is 6.54 Å². The third-order valence-corrected chi connectivity index (χ3v) is 3.24. The molecule has 1 aromatic heterocycles. The van der Waals surface area contributed by atoms with Crippen LogP contribution < -0.4 is 5.32 Å². The van der Waals surface area contributed by atoms with Crippen molar-refractivity contribution in [1.82, 2.24) is 10.3 Å². The molecule has 0 fully saturated rings. The maximum absolute atomic E-state index is 13.9. The minimum absolute atomic E-state index is 0.308. The molecule has 1 atom stereocenters. The summed E-state index contributed by atoms with van der Waals surface area (Å²) in [6.07, 6.45) is 3.94. The molecule has 2 aromatic rings. The molecular weight excluding hydrogens is 277 g/mol. The van der Waals surface area contributed by atoms with Crippen molar-refractivity contribution >= 4 is 0 Å². The van der Waals surface area contributed by atoms with Crippen molar-refractivity contribution in [3.05, 3.63) is 65.2 Å². The van der Waals surface area contributed by atoms with Crippen molar-refractivity contribution < 1.29 is 13.2 Å². The van der Waals surface area contributed by atoms with Crippen LogP contribution in [0.2, 0.25) is 0 Å². The maximum atomic E-state index is 13.9. The fraction of sp³-hybridized carbons (Fsp3) is 0.312. The predicted octanol–water partition coefficient (Wildman–Crippen LogP) is 3.78. The largest absolute Gasteiger partial charge is 0.310 e. The zero-order valence-electron chi connectivity index (χ0n) is 11.7. The molecule has 0 saturated heterocycles. The van der Waals surface area contributed by atoms with Crippen molar-refractivity contribution in [3.8, 4) is 0 Å². The first-order valence-corrected chi connectivity index (χ1v) is 6.88. The van der Waals surface area contributed by atoms with E-state index in [2.05, 4.69) is 10.3 Å². The Morgan fingerprint density at radius 3 is 2.57 bits per heavy atom. The van der Waals surface area contributed by atoms with Crippen LogP contribution in [0.1, 0.15) is 30.5 Å². The number of benzene rings is 1. The topological polar surface area (TPSA) is 24.9 Å². The van der Waals surface area contributed by atoms with Gasteiger partial charge in [-0.05, 0) is 43.1 Å². The van der Waals surface area contributed by atoms with Gasteiger partial charge in [0.25, 0.3) is 0 Å². The van der Waals surface area contributed by atoms with E-state index in [4.69, 9.17) is 0 Å². The second-order valence-electron chi connectivity index (χ2n) is 4.86. The summed E-state index contributed by atoms with van der Waals surface area (Å²) in [6, 6.07) is 5.04. The number of rotatable bonds is 6. The van der Waals surface area contributed by atoms with Crippen LogP contribution in [-0.4, -0.2) is 11.5 Å². The van der Waals surface area contributed by atoms with Crippen molar-refractivity contribution in [2.24, 2.45) is 0 Å². The van der Waals surface area contributed by atoms with Gasteiger partial charge in [0.2, 0.25) is 0 Å². The molecule has 0 aliphatic heterocycles. The van der Waals surface area contributed by atoms with E-state index in [1.807, 2.05) is 6.92 Å². The van der Waals surface area contributed by atoms with E-state index in [0.29, 0.717) is 24.1 Å². The first-order valence-electron chi connectivity index (χ1n) is 6.88. The minimum Gasteiger partial charge on any atom is -0.310 e. The highest BCUT2D eigenvalue weighted by atomic mass is 19.2. The smallest absolute Gasteiger partial charge is 0.159 e. The molecule has 0 aliphatic carbocycles. The minimum atomic E-state index is -0.892. The number of hydrogen-bond donors (Lipinski definition) is 1.